The summed E-state index contributed by atoms with van der Waals surface area (Å²) in [7, 11) is -0.363. The number of rotatable bonds is 5. The molecule has 1 aliphatic rings. The van der Waals surface area contributed by atoms with Crippen molar-refractivity contribution in [2.45, 2.75) is 45.3 Å². The third-order valence-corrected chi connectivity index (χ3v) is 4.98. The summed E-state index contributed by atoms with van der Waals surface area (Å²) in [6.45, 7) is 8.71. The second-order valence-corrected chi connectivity index (χ2v) is 7.38. The maximum atomic E-state index is 12.9. The van der Waals surface area contributed by atoms with Crippen LogP contribution in [0.15, 0.2) is 48.5 Å². The van der Waals surface area contributed by atoms with Gasteiger partial charge in [0.15, 0.2) is 0 Å². The number of benzene rings is 2. The van der Waals surface area contributed by atoms with Crippen LogP contribution in [0.25, 0.3) is 0 Å². The van der Waals surface area contributed by atoms with Crippen molar-refractivity contribution in [1.82, 2.24) is 0 Å². The van der Waals surface area contributed by atoms with Crippen molar-refractivity contribution in [3.8, 4) is 5.75 Å². The Labute approximate surface area is 149 Å². The zero-order chi connectivity index (χ0) is 18.1. The molecule has 0 N–H and O–H groups in total. The largest absolute Gasteiger partial charge is 0.494 e. The first kappa shape index (κ1) is 18.0. The molecular weight excluding hydrogens is 318 g/mol. The number of ether oxygens (including phenoxy) is 1. The summed E-state index contributed by atoms with van der Waals surface area (Å²) in [5.41, 5.74) is 1.34. The molecule has 3 rings (SSSR count). The average molecular weight is 342 g/mol. The highest BCUT2D eigenvalue weighted by Crippen LogP contribution is 2.36. The van der Waals surface area contributed by atoms with Crippen LogP contribution in [0.4, 0.5) is 4.39 Å². The standard InChI is InChI=1S/C20H24BFO3/c1-19(2)20(3,4)25-21(24-19)16-7-11-18(12-8-16)23-14-13-15-5-9-17(22)10-6-15/h5-12H,13-14H2,1-4H3. The summed E-state index contributed by atoms with van der Waals surface area (Å²) in [5, 5.41) is 0. The molecule has 132 valence electrons. The Morgan fingerprint density at radius 1 is 0.880 bits per heavy atom. The van der Waals surface area contributed by atoms with Gasteiger partial charge < -0.3 is 14.0 Å². The van der Waals surface area contributed by atoms with E-state index in [0.29, 0.717) is 6.61 Å². The highest BCUT2D eigenvalue weighted by atomic mass is 19.1. The molecule has 1 heterocycles. The van der Waals surface area contributed by atoms with Crippen LogP contribution in [0.5, 0.6) is 5.75 Å². The minimum absolute atomic E-state index is 0.219. The normalized spacial score (nSPS) is 18.4. The molecule has 1 aliphatic heterocycles. The second kappa shape index (κ2) is 6.81. The van der Waals surface area contributed by atoms with Gasteiger partial charge >= 0.3 is 7.12 Å². The van der Waals surface area contributed by atoms with Gasteiger partial charge in [-0.1, -0.05) is 24.3 Å². The Bertz CT molecular complexity index is 695. The third kappa shape index (κ3) is 4.05. The third-order valence-electron chi connectivity index (χ3n) is 4.98. The van der Waals surface area contributed by atoms with Crippen molar-refractivity contribution in [2.24, 2.45) is 0 Å². The topological polar surface area (TPSA) is 27.7 Å². The zero-order valence-electron chi connectivity index (χ0n) is 15.2. The van der Waals surface area contributed by atoms with E-state index in [1.54, 1.807) is 12.1 Å². The van der Waals surface area contributed by atoms with Crippen LogP contribution in [0, 0.1) is 5.82 Å². The van der Waals surface area contributed by atoms with Gasteiger partial charge in [0.25, 0.3) is 0 Å². The highest BCUT2D eigenvalue weighted by molar-refractivity contribution is 6.62. The first-order valence-electron chi connectivity index (χ1n) is 8.60. The molecule has 0 aliphatic carbocycles. The average Bonchev–Trinajstić information content (AvgIpc) is 2.78. The zero-order valence-corrected chi connectivity index (χ0v) is 15.2. The summed E-state index contributed by atoms with van der Waals surface area (Å²) in [6, 6.07) is 14.3. The van der Waals surface area contributed by atoms with Crippen LogP contribution < -0.4 is 10.2 Å². The van der Waals surface area contributed by atoms with E-state index in [1.807, 2.05) is 52.0 Å². The smallest absolute Gasteiger partial charge is 0.493 e. The molecule has 25 heavy (non-hydrogen) atoms. The van der Waals surface area contributed by atoms with Crippen LogP contribution in [0.3, 0.4) is 0 Å². The SMILES string of the molecule is CC1(C)OB(c2ccc(OCCc3ccc(F)cc3)cc2)OC1(C)C. The lowest BCUT2D eigenvalue weighted by Gasteiger charge is -2.32. The molecule has 0 aromatic heterocycles. The summed E-state index contributed by atoms with van der Waals surface area (Å²) in [4.78, 5) is 0. The van der Waals surface area contributed by atoms with E-state index >= 15 is 0 Å². The molecular formula is C20H24BFO3. The van der Waals surface area contributed by atoms with Crippen molar-refractivity contribution < 1.29 is 18.4 Å². The second-order valence-electron chi connectivity index (χ2n) is 7.38. The molecule has 2 aromatic carbocycles. The quantitative estimate of drug-likeness (QED) is 0.775. The summed E-state index contributed by atoms with van der Waals surface area (Å²) in [5.74, 6) is 0.574. The predicted octanol–water partition coefficient (Wildman–Crippen LogP) is 3.75. The number of hydrogen-bond donors (Lipinski definition) is 0. The molecule has 0 unspecified atom stereocenters. The van der Waals surface area contributed by atoms with Gasteiger partial charge in [-0.05, 0) is 63.0 Å². The molecule has 3 nitrogen and oxygen atoms in total. The van der Waals surface area contributed by atoms with E-state index in [4.69, 9.17) is 14.0 Å². The van der Waals surface area contributed by atoms with Crippen LogP contribution in [0.1, 0.15) is 33.3 Å². The van der Waals surface area contributed by atoms with Crippen molar-refractivity contribution in [2.75, 3.05) is 6.61 Å². The predicted molar refractivity (Wildman–Crippen MR) is 97.8 cm³/mol. The number of halogens is 1. The fourth-order valence-electron chi connectivity index (χ4n) is 2.64. The van der Waals surface area contributed by atoms with Crippen LogP contribution in [0.2, 0.25) is 0 Å². The van der Waals surface area contributed by atoms with E-state index in [0.717, 1.165) is 23.2 Å². The first-order chi connectivity index (χ1) is 11.8. The molecule has 0 spiro atoms. The maximum Gasteiger partial charge on any atom is 0.494 e. The van der Waals surface area contributed by atoms with Gasteiger partial charge in [0.1, 0.15) is 11.6 Å². The van der Waals surface area contributed by atoms with Crippen LogP contribution >= 0.6 is 0 Å². The molecule has 5 heteroatoms. The Morgan fingerprint density at radius 3 is 2.00 bits per heavy atom. The van der Waals surface area contributed by atoms with Gasteiger partial charge in [-0.3, -0.25) is 0 Å². The van der Waals surface area contributed by atoms with Crippen molar-refractivity contribution in [3.05, 3.63) is 59.9 Å². The lowest BCUT2D eigenvalue weighted by Crippen LogP contribution is -2.41. The van der Waals surface area contributed by atoms with Gasteiger partial charge in [0.05, 0.1) is 17.8 Å². The Hall–Kier alpha value is -1.85. The fourth-order valence-corrected chi connectivity index (χ4v) is 2.64. The van der Waals surface area contributed by atoms with E-state index in [1.165, 1.54) is 12.1 Å². The van der Waals surface area contributed by atoms with Crippen molar-refractivity contribution in [1.29, 1.82) is 0 Å². The monoisotopic (exact) mass is 342 g/mol. The van der Waals surface area contributed by atoms with Gasteiger partial charge in [0.2, 0.25) is 0 Å². The molecule has 0 radical (unpaired) electrons. The molecule has 2 aromatic rings. The van der Waals surface area contributed by atoms with Crippen molar-refractivity contribution in [3.63, 3.8) is 0 Å². The van der Waals surface area contributed by atoms with E-state index < -0.39 is 0 Å². The van der Waals surface area contributed by atoms with Gasteiger partial charge in [0, 0.05) is 6.42 Å². The number of hydrogen-bond acceptors (Lipinski definition) is 3. The van der Waals surface area contributed by atoms with E-state index in [2.05, 4.69) is 0 Å². The molecule has 1 saturated heterocycles. The summed E-state index contributed by atoms with van der Waals surface area (Å²) >= 11 is 0. The lowest BCUT2D eigenvalue weighted by atomic mass is 9.79. The summed E-state index contributed by atoms with van der Waals surface area (Å²) < 4.78 is 30.7. The Morgan fingerprint density at radius 2 is 1.44 bits per heavy atom. The van der Waals surface area contributed by atoms with Crippen LogP contribution in [-0.2, 0) is 15.7 Å². The Balaban J connectivity index is 1.55. The first-order valence-corrected chi connectivity index (χ1v) is 8.60. The minimum Gasteiger partial charge on any atom is -0.493 e. The van der Waals surface area contributed by atoms with Gasteiger partial charge in [-0.2, -0.15) is 0 Å². The van der Waals surface area contributed by atoms with Gasteiger partial charge in [-0.15, -0.1) is 0 Å². The molecule has 0 atom stereocenters. The fraction of sp³-hybridized carbons (Fsp3) is 0.400. The Kier molecular flexibility index (Phi) is 4.89. The van der Waals surface area contributed by atoms with Gasteiger partial charge in [-0.25, -0.2) is 4.39 Å². The minimum atomic E-state index is -0.363. The maximum absolute atomic E-state index is 12.9. The lowest BCUT2D eigenvalue weighted by molar-refractivity contribution is 0.00578. The molecule has 0 bridgehead atoms. The highest BCUT2D eigenvalue weighted by Gasteiger charge is 2.51. The molecule has 1 fully saturated rings. The van der Waals surface area contributed by atoms with E-state index in [-0.39, 0.29) is 24.1 Å². The molecule has 0 amide bonds. The van der Waals surface area contributed by atoms with Crippen molar-refractivity contribution >= 4 is 12.6 Å². The molecule has 0 saturated carbocycles. The summed E-state index contributed by atoms with van der Waals surface area (Å²) in [6.07, 6.45) is 0.735. The van der Waals surface area contributed by atoms with Crippen LogP contribution in [-0.4, -0.2) is 24.9 Å². The van der Waals surface area contributed by atoms with E-state index in [9.17, 15) is 4.39 Å².